The number of hydrogen-bond acceptors (Lipinski definition) is 1. The lowest BCUT2D eigenvalue weighted by Crippen LogP contribution is -2.39. The summed E-state index contributed by atoms with van der Waals surface area (Å²) in [6.07, 6.45) is 3.54. The fraction of sp³-hybridized carbons (Fsp3) is 0.429. The Kier molecular flexibility index (Phi) is 1.96. The molecule has 1 aromatic carbocycles. The van der Waals surface area contributed by atoms with Gasteiger partial charge in [0.15, 0.2) is 0 Å². The normalized spacial score (nSPS) is 23.1. The van der Waals surface area contributed by atoms with Crippen molar-refractivity contribution in [3.05, 3.63) is 47.5 Å². The highest BCUT2D eigenvalue weighted by molar-refractivity contribution is 5.50. The minimum Gasteiger partial charge on any atom is -0.317 e. The highest BCUT2D eigenvalue weighted by atomic mass is 14.9. The molecule has 0 atom stereocenters. The van der Waals surface area contributed by atoms with Crippen LogP contribution in [0.4, 0.5) is 0 Å². The zero-order chi connectivity index (χ0) is 10.3. The molecule has 0 bridgehead atoms. The molecule has 1 aliphatic heterocycles. The molecule has 1 heterocycles. The van der Waals surface area contributed by atoms with E-state index in [0.717, 1.165) is 19.5 Å². The van der Waals surface area contributed by atoms with E-state index in [1.165, 1.54) is 24.0 Å². The molecule has 0 radical (unpaired) electrons. The van der Waals surface area contributed by atoms with Gasteiger partial charge in [0.05, 0.1) is 0 Å². The van der Waals surface area contributed by atoms with Crippen LogP contribution < -0.4 is 5.32 Å². The van der Waals surface area contributed by atoms with Crippen LogP contribution in [0.15, 0.2) is 36.4 Å². The molecule has 0 amide bonds. The van der Waals surface area contributed by atoms with Crippen LogP contribution in [0, 0.1) is 0 Å². The van der Waals surface area contributed by atoms with Crippen LogP contribution >= 0.6 is 0 Å². The van der Waals surface area contributed by atoms with Crippen molar-refractivity contribution < 1.29 is 0 Å². The Morgan fingerprint density at radius 2 is 1.87 bits per heavy atom. The van der Waals surface area contributed by atoms with Gasteiger partial charge in [0.1, 0.15) is 0 Å². The van der Waals surface area contributed by atoms with Crippen molar-refractivity contribution in [1.82, 2.24) is 5.32 Å². The van der Waals surface area contributed by atoms with Gasteiger partial charge in [0.25, 0.3) is 0 Å². The number of piperidine rings is 1. The van der Waals surface area contributed by atoms with E-state index in [2.05, 4.69) is 36.2 Å². The zero-order valence-electron chi connectivity index (χ0n) is 9.05. The molecular weight excluding hydrogens is 182 g/mol. The molecule has 1 aromatic rings. The second kappa shape index (κ2) is 3.21. The van der Waals surface area contributed by atoms with Crippen LogP contribution in [0.1, 0.15) is 24.0 Å². The van der Waals surface area contributed by atoms with Gasteiger partial charge in [0.2, 0.25) is 0 Å². The van der Waals surface area contributed by atoms with E-state index in [4.69, 9.17) is 0 Å². The van der Waals surface area contributed by atoms with Gasteiger partial charge >= 0.3 is 0 Å². The number of fused-ring (bicyclic) bond motifs is 2. The molecule has 0 unspecified atom stereocenters. The molecule has 1 N–H and O–H groups in total. The molecule has 3 rings (SSSR count). The Hall–Kier alpha value is -1.08. The van der Waals surface area contributed by atoms with E-state index in [0.29, 0.717) is 5.41 Å². The first kappa shape index (κ1) is 9.17. The Bertz CT molecular complexity index is 400. The molecule has 0 saturated carbocycles. The van der Waals surface area contributed by atoms with Crippen molar-refractivity contribution in [2.75, 3.05) is 13.1 Å². The summed E-state index contributed by atoms with van der Waals surface area (Å²) in [6.45, 7) is 6.58. The molecule has 15 heavy (non-hydrogen) atoms. The van der Waals surface area contributed by atoms with Crippen molar-refractivity contribution in [1.29, 1.82) is 0 Å². The lowest BCUT2D eigenvalue weighted by molar-refractivity contribution is 0.364. The van der Waals surface area contributed by atoms with Crippen LogP contribution in [0.25, 0.3) is 0 Å². The summed E-state index contributed by atoms with van der Waals surface area (Å²) in [6, 6.07) is 8.88. The maximum Gasteiger partial charge on any atom is 0.0189 e. The number of hydrogen-bond donors (Lipinski definition) is 1. The summed E-state index contributed by atoms with van der Waals surface area (Å²) in [5.74, 6) is 0. The Labute approximate surface area is 91.2 Å². The number of nitrogens with one attached hydrogen (secondary N) is 1. The lowest BCUT2D eigenvalue weighted by atomic mass is 9.72. The van der Waals surface area contributed by atoms with Crippen molar-refractivity contribution in [3.8, 4) is 0 Å². The maximum atomic E-state index is 4.32. The van der Waals surface area contributed by atoms with Crippen LogP contribution in [0.5, 0.6) is 0 Å². The van der Waals surface area contributed by atoms with E-state index < -0.39 is 0 Å². The van der Waals surface area contributed by atoms with E-state index in [1.807, 2.05) is 0 Å². The Morgan fingerprint density at radius 1 is 1.13 bits per heavy atom. The molecule has 1 nitrogen and oxygen atoms in total. The summed E-state index contributed by atoms with van der Waals surface area (Å²) in [7, 11) is 0. The number of rotatable bonds is 0. The average Bonchev–Trinajstić information content (AvgIpc) is 2.55. The van der Waals surface area contributed by atoms with Gasteiger partial charge in [0, 0.05) is 5.41 Å². The van der Waals surface area contributed by atoms with Crippen molar-refractivity contribution in [2.45, 2.75) is 24.7 Å². The van der Waals surface area contributed by atoms with Crippen LogP contribution in [-0.2, 0) is 11.8 Å². The first-order valence-electron chi connectivity index (χ1n) is 5.80. The second-order valence-corrected chi connectivity index (χ2v) is 4.77. The summed E-state index contributed by atoms with van der Waals surface area (Å²) >= 11 is 0. The average molecular weight is 199 g/mol. The summed E-state index contributed by atoms with van der Waals surface area (Å²) in [5, 5.41) is 3.45. The lowest BCUT2D eigenvalue weighted by Gasteiger charge is -2.36. The van der Waals surface area contributed by atoms with Crippen LogP contribution in [0.2, 0.25) is 0 Å². The van der Waals surface area contributed by atoms with Gasteiger partial charge in [-0.15, -0.1) is 0 Å². The molecule has 1 fully saturated rings. The molecular formula is C14H17N. The SMILES string of the molecule is C=C1Cc2ccccc2C12CCNCC2. The Morgan fingerprint density at radius 3 is 2.67 bits per heavy atom. The second-order valence-electron chi connectivity index (χ2n) is 4.77. The third kappa shape index (κ3) is 1.19. The molecule has 0 aromatic heterocycles. The summed E-state index contributed by atoms with van der Waals surface area (Å²) in [5.41, 5.74) is 4.80. The predicted molar refractivity (Wildman–Crippen MR) is 63.1 cm³/mol. The fourth-order valence-electron chi connectivity index (χ4n) is 3.21. The Balaban J connectivity index is 2.11. The first-order valence-corrected chi connectivity index (χ1v) is 5.80. The fourth-order valence-corrected chi connectivity index (χ4v) is 3.21. The van der Waals surface area contributed by atoms with Gasteiger partial charge in [-0.2, -0.15) is 0 Å². The largest absolute Gasteiger partial charge is 0.317 e. The van der Waals surface area contributed by atoms with Crippen molar-refractivity contribution in [3.63, 3.8) is 0 Å². The minimum absolute atomic E-state index is 0.307. The highest BCUT2D eigenvalue weighted by Crippen LogP contribution is 2.47. The van der Waals surface area contributed by atoms with Gasteiger partial charge in [-0.1, -0.05) is 36.4 Å². The van der Waals surface area contributed by atoms with E-state index >= 15 is 0 Å². The van der Waals surface area contributed by atoms with E-state index in [9.17, 15) is 0 Å². The first-order chi connectivity index (χ1) is 7.33. The molecule has 1 aliphatic carbocycles. The molecule has 1 saturated heterocycles. The van der Waals surface area contributed by atoms with Gasteiger partial charge in [-0.05, 0) is 43.5 Å². The number of benzene rings is 1. The molecule has 2 aliphatic rings. The monoisotopic (exact) mass is 199 g/mol. The number of allylic oxidation sites excluding steroid dienone is 1. The predicted octanol–water partition coefficient (Wildman–Crippen LogP) is 2.42. The molecule has 78 valence electrons. The summed E-state index contributed by atoms with van der Waals surface area (Å²) < 4.78 is 0. The van der Waals surface area contributed by atoms with Gasteiger partial charge in [-0.3, -0.25) is 0 Å². The van der Waals surface area contributed by atoms with E-state index in [1.54, 1.807) is 5.56 Å². The highest BCUT2D eigenvalue weighted by Gasteiger charge is 2.41. The topological polar surface area (TPSA) is 12.0 Å². The third-order valence-electron chi connectivity index (χ3n) is 4.07. The third-order valence-corrected chi connectivity index (χ3v) is 4.07. The van der Waals surface area contributed by atoms with Crippen LogP contribution in [-0.4, -0.2) is 13.1 Å². The van der Waals surface area contributed by atoms with Crippen LogP contribution in [0.3, 0.4) is 0 Å². The van der Waals surface area contributed by atoms with Gasteiger partial charge < -0.3 is 5.32 Å². The van der Waals surface area contributed by atoms with Crippen molar-refractivity contribution in [2.24, 2.45) is 0 Å². The van der Waals surface area contributed by atoms with Gasteiger partial charge in [-0.25, -0.2) is 0 Å². The zero-order valence-corrected chi connectivity index (χ0v) is 9.05. The van der Waals surface area contributed by atoms with E-state index in [-0.39, 0.29) is 0 Å². The minimum atomic E-state index is 0.307. The summed E-state index contributed by atoms with van der Waals surface area (Å²) in [4.78, 5) is 0. The molecule has 1 heteroatoms. The molecule has 1 spiro atoms. The van der Waals surface area contributed by atoms with Crippen molar-refractivity contribution >= 4 is 0 Å². The standard InChI is InChI=1S/C14H17N/c1-11-10-12-4-2-3-5-13(12)14(11)6-8-15-9-7-14/h2-5,15H,1,6-10H2. The quantitative estimate of drug-likeness (QED) is 0.633. The smallest absolute Gasteiger partial charge is 0.0189 e. The maximum absolute atomic E-state index is 4.32.